The molecular weight excluding hydrogens is 304 g/mol. The van der Waals surface area contributed by atoms with Crippen LogP contribution in [0.2, 0.25) is 0 Å². The van der Waals surface area contributed by atoms with Crippen LogP contribution in [0.4, 0.5) is 0 Å². The summed E-state index contributed by atoms with van der Waals surface area (Å²) in [6.07, 6.45) is 5.82. The number of aliphatic carboxylic acids is 1. The molecule has 1 N–H and O–H groups in total. The van der Waals surface area contributed by atoms with Crippen molar-refractivity contribution in [2.24, 2.45) is 22.7 Å². The number of allylic oxidation sites excluding steroid dienone is 2. The second-order valence-corrected chi connectivity index (χ2v) is 8.55. The van der Waals surface area contributed by atoms with Crippen LogP contribution in [-0.2, 0) is 14.3 Å². The summed E-state index contributed by atoms with van der Waals surface area (Å²) in [6.45, 7) is 4.05. The Balaban J connectivity index is 1.78. The standard InChI is InChI=1S/C17H21ClO4/c1-15(5-4-11(20)21)10(19)3-6-17-7-9-12(18)13(14(15)17)22-16(9,2)8-17/h3,6,9,12-14H,4-5,7-8H2,1-2H3,(H,20,21)/t9?,12-,13?,14?,15?,16?,17?/m0/s1. The van der Waals surface area contributed by atoms with E-state index < -0.39 is 11.4 Å². The van der Waals surface area contributed by atoms with E-state index in [0.29, 0.717) is 12.3 Å². The number of carbonyl (C=O) groups excluding carboxylic acids is 1. The lowest BCUT2D eigenvalue weighted by atomic mass is 9.51. The number of hydrogen-bond donors (Lipinski definition) is 1. The van der Waals surface area contributed by atoms with Crippen LogP contribution in [0.25, 0.3) is 0 Å². The Hall–Kier alpha value is -0.870. The van der Waals surface area contributed by atoms with Crippen LogP contribution in [0.5, 0.6) is 0 Å². The minimum absolute atomic E-state index is 0.00300. The monoisotopic (exact) mass is 324 g/mol. The maximum absolute atomic E-state index is 12.6. The molecule has 6 unspecified atom stereocenters. The lowest BCUT2D eigenvalue weighted by Crippen LogP contribution is -2.58. The van der Waals surface area contributed by atoms with Gasteiger partial charge in [-0.2, -0.15) is 0 Å². The topological polar surface area (TPSA) is 63.6 Å². The van der Waals surface area contributed by atoms with Crippen molar-refractivity contribution in [2.45, 2.75) is 56.6 Å². The summed E-state index contributed by atoms with van der Waals surface area (Å²) in [4.78, 5) is 23.7. The Morgan fingerprint density at radius 2 is 2.23 bits per heavy atom. The summed E-state index contributed by atoms with van der Waals surface area (Å²) in [7, 11) is 0. The van der Waals surface area contributed by atoms with Crippen molar-refractivity contribution in [3.8, 4) is 0 Å². The molecule has 5 aliphatic rings. The van der Waals surface area contributed by atoms with Crippen molar-refractivity contribution in [1.82, 2.24) is 0 Å². The Morgan fingerprint density at radius 3 is 2.86 bits per heavy atom. The third-order valence-electron chi connectivity index (χ3n) is 6.79. The maximum atomic E-state index is 12.6. The third-order valence-corrected chi connectivity index (χ3v) is 7.34. The van der Waals surface area contributed by atoms with Gasteiger partial charge in [0.15, 0.2) is 5.78 Å². The van der Waals surface area contributed by atoms with E-state index in [1.54, 1.807) is 6.08 Å². The Kier molecular flexibility index (Phi) is 2.77. The zero-order valence-electron chi connectivity index (χ0n) is 12.8. The molecule has 2 aliphatic heterocycles. The van der Waals surface area contributed by atoms with Gasteiger partial charge in [0, 0.05) is 23.7 Å². The van der Waals surface area contributed by atoms with Crippen LogP contribution < -0.4 is 0 Å². The molecular formula is C17H21ClO4. The minimum Gasteiger partial charge on any atom is -0.481 e. The molecule has 0 aromatic rings. The predicted octanol–water partition coefficient (Wildman–Crippen LogP) is 2.79. The van der Waals surface area contributed by atoms with E-state index in [-0.39, 0.29) is 40.6 Å². The SMILES string of the molecule is CC12CC34C=CC(=O)C(C)(CCC(=O)O)C3C(O1)[C@@H](Cl)C2C4. The van der Waals surface area contributed by atoms with Gasteiger partial charge in [-0.3, -0.25) is 9.59 Å². The van der Waals surface area contributed by atoms with Gasteiger partial charge in [0.25, 0.3) is 0 Å². The summed E-state index contributed by atoms with van der Waals surface area (Å²) in [5.41, 5.74) is -0.928. The predicted molar refractivity (Wildman–Crippen MR) is 80.7 cm³/mol. The van der Waals surface area contributed by atoms with Crippen LogP contribution in [0, 0.1) is 22.7 Å². The molecule has 0 aromatic heterocycles. The first-order chi connectivity index (χ1) is 10.2. The van der Waals surface area contributed by atoms with Gasteiger partial charge < -0.3 is 9.84 Å². The first-order valence-corrected chi connectivity index (χ1v) is 8.43. The van der Waals surface area contributed by atoms with Crippen LogP contribution in [0.15, 0.2) is 12.2 Å². The fraction of sp³-hybridized carbons (Fsp3) is 0.765. The van der Waals surface area contributed by atoms with E-state index in [0.717, 1.165) is 12.8 Å². The number of halogens is 1. The minimum atomic E-state index is -0.862. The molecule has 7 atom stereocenters. The van der Waals surface area contributed by atoms with Crippen molar-refractivity contribution in [1.29, 1.82) is 0 Å². The van der Waals surface area contributed by atoms with E-state index in [1.165, 1.54) is 0 Å². The van der Waals surface area contributed by atoms with Crippen LogP contribution >= 0.6 is 11.6 Å². The van der Waals surface area contributed by atoms with Gasteiger partial charge in [-0.25, -0.2) is 0 Å². The van der Waals surface area contributed by atoms with E-state index in [4.69, 9.17) is 21.4 Å². The quantitative estimate of drug-likeness (QED) is 0.811. The zero-order chi connectivity index (χ0) is 15.9. The number of ketones is 1. The van der Waals surface area contributed by atoms with Crippen molar-refractivity contribution < 1.29 is 19.4 Å². The molecule has 5 rings (SSSR count). The molecule has 4 nitrogen and oxygen atoms in total. The highest BCUT2D eigenvalue weighted by Crippen LogP contribution is 2.72. The highest BCUT2D eigenvalue weighted by Gasteiger charge is 2.74. The fourth-order valence-electron chi connectivity index (χ4n) is 5.94. The number of carboxylic acid groups (broad SMARTS) is 1. The maximum Gasteiger partial charge on any atom is 0.303 e. The van der Waals surface area contributed by atoms with Crippen molar-refractivity contribution in [3.63, 3.8) is 0 Å². The van der Waals surface area contributed by atoms with E-state index in [9.17, 15) is 9.59 Å². The van der Waals surface area contributed by atoms with Crippen molar-refractivity contribution >= 4 is 23.4 Å². The molecule has 22 heavy (non-hydrogen) atoms. The average Bonchev–Trinajstić information content (AvgIpc) is 2.77. The van der Waals surface area contributed by atoms with E-state index in [1.807, 2.05) is 6.92 Å². The molecule has 0 aromatic carbocycles. The van der Waals surface area contributed by atoms with Crippen LogP contribution in [-0.4, -0.2) is 33.9 Å². The third kappa shape index (κ3) is 1.58. The zero-order valence-corrected chi connectivity index (χ0v) is 13.6. The average molecular weight is 325 g/mol. The highest BCUT2D eigenvalue weighted by molar-refractivity contribution is 6.21. The summed E-state index contributed by atoms with van der Waals surface area (Å²) < 4.78 is 6.30. The van der Waals surface area contributed by atoms with Crippen molar-refractivity contribution in [3.05, 3.63) is 12.2 Å². The number of carboxylic acids is 1. The molecule has 2 saturated heterocycles. The van der Waals surface area contributed by atoms with Crippen LogP contribution in [0.3, 0.4) is 0 Å². The molecule has 0 radical (unpaired) electrons. The summed E-state index contributed by atoms with van der Waals surface area (Å²) in [6, 6.07) is 0. The Morgan fingerprint density at radius 1 is 1.50 bits per heavy atom. The number of hydrogen-bond acceptors (Lipinski definition) is 3. The van der Waals surface area contributed by atoms with Crippen LogP contribution in [0.1, 0.15) is 39.5 Å². The molecule has 3 aliphatic carbocycles. The summed E-state index contributed by atoms with van der Waals surface area (Å²) >= 11 is 6.67. The molecule has 120 valence electrons. The largest absolute Gasteiger partial charge is 0.481 e. The summed E-state index contributed by atoms with van der Waals surface area (Å²) in [5.74, 6) is -0.515. The normalized spacial score (nSPS) is 54.8. The second kappa shape index (κ2) is 4.15. The summed E-state index contributed by atoms with van der Waals surface area (Å²) in [5, 5.41) is 8.98. The number of carbonyl (C=O) groups is 2. The lowest BCUT2D eigenvalue weighted by Gasteiger charge is -2.55. The van der Waals surface area contributed by atoms with E-state index in [2.05, 4.69) is 13.0 Å². The van der Waals surface area contributed by atoms with Gasteiger partial charge in [0.1, 0.15) is 0 Å². The number of alkyl halides is 1. The van der Waals surface area contributed by atoms with Crippen molar-refractivity contribution in [2.75, 3.05) is 0 Å². The molecule has 1 spiro atoms. The molecule has 2 heterocycles. The number of ether oxygens (including phenoxy) is 1. The first-order valence-electron chi connectivity index (χ1n) is 7.99. The van der Waals surface area contributed by atoms with Gasteiger partial charge in [0.05, 0.1) is 17.1 Å². The Bertz CT molecular complexity index is 601. The number of rotatable bonds is 3. The highest BCUT2D eigenvalue weighted by atomic mass is 35.5. The van der Waals surface area contributed by atoms with Gasteiger partial charge in [-0.05, 0) is 37.7 Å². The lowest BCUT2D eigenvalue weighted by molar-refractivity contribution is -0.169. The molecule has 0 amide bonds. The Labute approximate surface area is 134 Å². The molecule has 4 bridgehead atoms. The van der Waals surface area contributed by atoms with Gasteiger partial charge >= 0.3 is 5.97 Å². The second-order valence-electron chi connectivity index (χ2n) is 8.05. The molecule has 2 saturated carbocycles. The fourth-order valence-corrected chi connectivity index (χ4v) is 6.49. The molecule has 4 fully saturated rings. The first kappa shape index (κ1) is 14.7. The molecule has 5 heteroatoms. The van der Waals surface area contributed by atoms with Gasteiger partial charge in [-0.15, -0.1) is 11.6 Å². The van der Waals surface area contributed by atoms with Gasteiger partial charge in [-0.1, -0.05) is 13.0 Å². The van der Waals surface area contributed by atoms with Gasteiger partial charge in [0.2, 0.25) is 0 Å². The smallest absolute Gasteiger partial charge is 0.303 e. The van der Waals surface area contributed by atoms with E-state index >= 15 is 0 Å².